The van der Waals surface area contributed by atoms with Crippen LogP contribution in [-0.2, 0) is 11.3 Å². The van der Waals surface area contributed by atoms with Crippen molar-refractivity contribution in [2.75, 3.05) is 32.9 Å². The topological polar surface area (TPSA) is 32.7 Å². The maximum Gasteiger partial charge on any atom is 0.0697 e. The van der Waals surface area contributed by atoms with Crippen LogP contribution in [0.2, 0.25) is 0 Å². The molecule has 1 aliphatic heterocycles. The molecule has 0 amide bonds. The zero-order chi connectivity index (χ0) is 12.6. The molecule has 0 aliphatic carbocycles. The van der Waals surface area contributed by atoms with E-state index < -0.39 is 0 Å². The largest absolute Gasteiger partial charge is 0.394 e. The van der Waals surface area contributed by atoms with Gasteiger partial charge in [0.05, 0.1) is 19.8 Å². The fourth-order valence-electron chi connectivity index (χ4n) is 2.59. The lowest BCUT2D eigenvalue weighted by atomic mass is 9.98. The van der Waals surface area contributed by atoms with Crippen LogP contribution >= 0.6 is 0 Å². The predicted molar refractivity (Wildman–Crippen MR) is 72.3 cm³/mol. The van der Waals surface area contributed by atoms with Gasteiger partial charge in [0.2, 0.25) is 0 Å². The molecule has 100 valence electrons. The summed E-state index contributed by atoms with van der Waals surface area (Å²) in [5.41, 5.74) is 1.38. The van der Waals surface area contributed by atoms with Crippen molar-refractivity contribution in [2.45, 2.75) is 19.4 Å². The van der Waals surface area contributed by atoms with Crippen molar-refractivity contribution < 1.29 is 9.84 Å². The third kappa shape index (κ3) is 4.41. The van der Waals surface area contributed by atoms with E-state index in [1.54, 1.807) is 0 Å². The fourth-order valence-corrected chi connectivity index (χ4v) is 2.59. The van der Waals surface area contributed by atoms with Gasteiger partial charge in [-0.3, -0.25) is 4.90 Å². The van der Waals surface area contributed by atoms with Gasteiger partial charge in [0.25, 0.3) is 0 Å². The number of benzene rings is 1. The summed E-state index contributed by atoms with van der Waals surface area (Å²) < 4.78 is 5.44. The van der Waals surface area contributed by atoms with Crippen LogP contribution in [0.25, 0.3) is 0 Å². The van der Waals surface area contributed by atoms with Crippen LogP contribution in [0.15, 0.2) is 30.3 Å². The molecule has 0 saturated carbocycles. The highest BCUT2D eigenvalue weighted by molar-refractivity contribution is 5.14. The molecule has 1 fully saturated rings. The summed E-state index contributed by atoms with van der Waals surface area (Å²) in [7, 11) is 0. The number of aliphatic hydroxyl groups is 1. The fraction of sp³-hybridized carbons (Fsp3) is 0.600. The van der Waals surface area contributed by atoms with E-state index in [9.17, 15) is 0 Å². The molecule has 0 spiro atoms. The van der Waals surface area contributed by atoms with E-state index in [0.29, 0.717) is 12.5 Å². The van der Waals surface area contributed by atoms with Crippen molar-refractivity contribution in [3.05, 3.63) is 35.9 Å². The third-order valence-corrected chi connectivity index (χ3v) is 3.44. The second-order valence-corrected chi connectivity index (χ2v) is 5.03. The Bertz CT molecular complexity index is 329. The summed E-state index contributed by atoms with van der Waals surface area (Å²) >= 11 is 0. The molecule has 0 aromatic heterocycles. The predicted octanol–water partition coefficient (Wildman–Crippen LogP) is 1.91. The molecule has 3 heteroatoms. The number of likely N-dealkylation sites (tertiary alicyclic amines) is 1. The third-order valence-electron chi connectivity index (χ3n) is 3.44. The second kappa shape index (κ2) is 7.52. The number of hydrogen-bond donors (Lipinski definition) is 1. The first kappa shape index (κ1) is 13.5. The molecular weight excluding hydrogens is 226 g/mol. The zero-order valence-corrected chi connectivity index (χ0v) is 10.9. The lowest BCUT2D eigenvalue weighted by Gasteiger charge is -2.32. The van der Waals surface area contributed by atoms with E-state index in [1.807, 2.05) is 0 Å². The van der Waals surface area contributed by atoms with E-state index in [1.165, 1.54) is 24.9 Å². The Kier molecular flexibility index (Phi) is 5.65. The van der Waals surface area contributed by atoms with E-state index in [4.69, 9.17) is 9.84 Å². The van der Waals surface area contributed by atoms with Crippen LogP contribution in [0.3, 0.4) is 0 Å². The van der Waals surface area contributed by atoms with Crippen LogP contribution in [0.5, 0.6) is 0 Å². The Morgan fingerprint density at radius 2 is 2.11 bits per heavy atom. The normalized spacial score (nSPS) is 21.1. The smallest absolute Gasteiger partial charge is 0.0697 e. The lowest BCUT2D eigenvalue weighted by Crippen LogP contribution is -2.36. The summed E-state index contributed by atoms with van der Waals surface area (Å²) in [5.74, 6) is 0.619. The number of ether oxygens (including phenoxy) is 1. The summed E-state index contributed by atoms with van der Waals surface area (Å²) in [4.78, 5) is 2.51. The summed E-state index contributed by atoms with van der Waals surface area (Å²) in [5, 5.41) is 8.71. The number of aliphatic hydroxyl groups excluding tert-OH is 1. The molecule has 0 radical (unpaired) electrons. The molecule has 1 saturated heterocycles. The number of hydrogen-bond acceptors (Lipinski definition) is 3. The Balaban J connectivity index is 1.76. The molecule has 3 nitrogen and oxygen atoms in total. The molecule has 1 aromatic carbocycles. The molecule has 1 unspecified atom stereocenters. The minimum Gasteiger partial charge on any atom is -0.394 e. The summed E-state index contributed by atoms with van der Waals surface area (Å²) in [6, 6.07) is 10.6. The van der Waals surface area contributed by atoms with Crippen LogP contribution in [0, 0.1) is 5.92 Å². The van der Waals surface area contributed by atoms with Crippen molar-refractivity contribution in [3.63, 3.8) is 0 Å². The van der Waals surface area contributed by atoms with Gasteiger partial charge in [-0.2, -0.15) is 0 Å². The van der Waals surface area contributed by atoms with Gasteiger partial charge in [0.15, 0.2) is 0 Å². The highest BCUT2D eigenvalue weighted by Gasteiger charge is 2.19. The SMILES string of the molecule is OCCOCC1CCCN(Cc2ccccc2)C1. The van der Waals surface area contributed by atoms with Crippen molar-refractivity contribution in [1.82, 2.24) is 4.90 Å². The molecule has 2 rings (SSSR count). The van der Waals surface area contributed by atoms with Crippen molar-refractivity contribution in [3.8, 4) is 0 Å². The molecule has 1 N–H and O–H groups in total. The number of piperidine rings is 1. The van der Waals surface area contributed by atoms with Crippen molar-refractivity contribution in [2.24, 2.45) is 5.92 Å². The second-order valence-electron chi connectivity index (χ2n) is 5.03. The van der Waals surface area contributed by atoms with Crippen LogP contribution in [-0.4, -0.2) is 42.9 Å². The van der Waals surface area contributed by atoms with Crippen LogP contribution in [0.1, 0.15) is 18.4 Å². The number of nitrogens with zero attached hydrogens (tertiary/aromatic N) is 1. The van der Waals surface area contributed by atoms with E-state index in [0.717, 1.165) is 19.7 Å². The van der Waals surface area contributed by atoms with Gasteiger partial charge in [0, 0.05) is 13.1 Å². The van der Waals surface area contributed by atoms with Crippen LogP contribution in [0.4, 0.5) is 0 Å². The van der Waals surface area contributed by atoms with Gasteiger partial charge in [-0.1, -0.05) is 30.3 Å². The minimum absolute atomic E-state index is 0.125. The monoisotopic (exact) mass is 249 g/mol. The highest BCUT2D eigenvalue weighted by atomic mass is 16.5. The van der Waals surface area contributed by atoms with Gasteiger partial charge in [0.1, 0.15) is 0 Å². The van der Waals surface area contributed by atoms with Crippen molar-refractivity contribution in [1.29, 1.82) is 0 Å². The first-order chi connectivity index (χ1) is 8.88. The molecular formula is C15H23NO2. The lowest BCUT2D eigenvalue weighted by molar-refractivity contribution is 0.0399. The van der Waals surface area contributed by atoms with Gasteiger partial charge in [-0.15, -0.1) is 0 Å². The Hall–Kier alpha value is -0.900. The maximum absolute atomic E-state index is 8.71. The van der Waals surface area contributed by atoms with Gasteiger partial charge < -0.3 is 9.84 Å². The first-order valence-corrected chi connectivity index (χ1v) is 6.83. The number of rotatable bonds is 6. The van der Waals surface area contributed by atoms with E-state index >= 15 is 0 Å². The van der Waals surface area contributed by atoms with E-state index in [-0.39, 0.29) is 6.61 Å². The van der Waals surface area contributed by atoms with Gasteiger partial charge in [-0.05, 0) is 30.9 Å². The Morgan fingerprint density at radius 1 is 1.28 bits per heavy atom. The average Bonchev–Trinajstić information content (AvgIpc) is 2.41. The Labute approximate surface area is 109 Å². The molecule has 18 heavy (non-hydrogen) atoms. The quantitative estimate of drug-likeness (QED) is 0.782. The van der Waals surface area contributed by atoms with Gasteiger partial charge >= 0.3 is 0 Å². The van der Waals surface area contributed by atoms with Gasteiger partial charge in [-0.25, -0.2) is 0 Å². The molecule has 1 aromatic rings. The maximum atomic E-state index is 8.71. The standard InChI is InChI=1S/C15H23NO2/c17-9-10-18-13-15-7-4-8-16(12-15)11-14-5-2-1-3-6-14/h1-3,5-6,15,17H,4,7-13H2. The highest BCUT2D eigenvalue weighted by Crippen LogP contribution is 2.18. The summed E-state index contributed by atoms with van der Waals surface area (Å²) in [6.07, 6.45) is 2.50. The molecule has 0 bridgehead atoms. The molecule has 1 heterocycles. The zero-order valence-electron chi connectivity index (χ0n) is 10.9. The van der Waals surface area contributed by atoms with Crippen molar-refractivity contribution >= 4 is 0 Å². The van der Waals surface area contributed by atoms with E-state index in [2.05, 4.69) is 35.2 Å². The minimum atomic E-state index is 0.125. The summed E-state index contributed by atoms with van der Waals surface area (Å²) in [6.45, 7) is 4.71. The molecule has 1 atom stereocenters. The average molecular weight is 249 g/mol. The first-order valence-electron chi connectivity index (χ1n) is 6.83. The Morgan fingerprint density at radius 3 is 2.89 bits per heavy atom. The van der Waals surface area contributed by atoms with Crippen LogP contribution < -0.4 is 0 Å². The molecule has 1 aliphatic rings.